The highest BCUT2D eigenvalue weighted by atomic mass is 16.5. The molecule has 2 aromatic heterocycles. The smallest absolute Gasteiger partial charge is 0.341 e. The number of benzene rings is 1. The van der Waals surface area contributed by atoms with Crippen LogP contribution in [-0.2, 0) is 0 Å². The van der Waals surface area contributed by atoms with Gasteiger partial charge in [-0.05, 0) is 12.1 Å². The lowest BCUT2D eigenvalue weighted by Gasteiger charge is -2.00. The van der Waals surface area contributed by atoms with Crippen LogP contribution < -0.4 is 0 Å². The molecule has 1 N–H and O–H groups in total. The van der Waals surface area contributed by atoms with Crippen molar-refractivity contribution in [1.82, 2.24) is 10.1 Å². The Morgan fingerprint density at radius 3 is 2.89 bits per heavy atom. The third-order valence-electron chi connectivity index (χ3n) is 2.65. The van der Waals surface area contributed by atoms with E-state index in [2.05, 4.69) is 10.1 Å². The zero-order valence-corrected chi connectivity index (χ0v) is 9.20. The number of hydrogen-bond donors (Lipinski definition) is 1. The lowest BCUT2D eigenvalue weighted by molar-refractivity contribution is 0.0697. The molecule has 5 nitrogen and oxygen atoms in total. The molecular weight excluding hydrogens is 232 g/mol. The summed E-state index contributed by atoms with van der Waals surface area (Å²) >= 11 is 0. The van der Waals surface area contributed by atoms with Crippen molar-refractivity contribution in [1.29, 1.82) is 0 Å². The van der Waals surface area contributed by atoms with E-state index in [1.807, 2.05) is 30.3 Å². The lowest BCUT2D eigenvalue weighted by atomic mass is 10.1. The van der Waals surface area contributed by atoms with Gasteiger partial charge in [0.25, 0.3) is 0 Å². The number of carboxylic acid groups (broad SMARTS) is 1. The van der Waals surface area contributed by atoms with E-state index in [4.69, 9.17) is 9.63 Å². The quantitative estimate of drug-likeness (QED) is 0.745. The summed E-state index contributed by atoms with van der Waals surface area (Å²) in [6.07, 6.45) is 2.77. The zero-order valence-electron chi connectivity index (χ0n) is 9.20. The maximum Gasteiger partial charge on any atom is 0.341 e. The number of fused-ring (bicyclic) bond motifs is 1. The molecule has 0 amide bonds. The molecule has 0 unspecified atom stereocenters. The number of rotatable bonds is 2. The van der Waals surface area contributed by atoms with E-state index in [0.717, 1.165) is 10.9 Å². The Morgan fingerprint density at radius 2 is 2.06 bits per heavy atom. The van der Waals surface area contributed by atoms with Gasteiger partial charge in [0.1, 0.15) is 5.56 Å². The molecule has 0 saturated carbocycles. The van der Waals surface area contributed by atoms with Crippen molar-refractivity contribution in [3.8, 4) is 11.3 Å². The minimum absolute atomic E-state index is 0.0343. The van der Waals surface area contributed by atoms with Crippen LogP contribution in [0.3, 0.4) is 0 Å². The summed E-state index contributed by atoms with van der Waals surface area (Å²) in [6.45, 7) is 0. The second-order valence-electron chi connectivity index (χ2n) is 3.79. The van der Waals surface area contributed by atoms with Crippen LogP contribution in [0.2, 0.25) is 0 Å². The van der Waals surface area contributed by atoms with Crippen molar-refractivity contribution >= 4 is 16.9 Å². The molecule has 0 spiro atoms. The maximum atomic E-state index is 11.0. The second-order valence-corrected chi connectivity index (χ2v) is 3.79. The van der Waals surface area contributed by atoms with Gasteiger partial charge in [-0.2, -0.15) is 0 Å². The largest absolute Gasteiger partial charge is 0.477 e. The van der Waals surface area contributed by atoms with Crippen molar-refractivity contribution in [2.45, 2.75) is 0 Å². The van der Waals surface area contributed by atoms with Crippen LogP contribution >= 0.6 is 0 Å². The summed E-state index contributed by atoms with van der Waals surface area (Å²) in [5, 5.41) is 13.4. The number of aromatic carboxylic acids is 1. The number of carboxylic acids is 1. The van der Waals surface area contributed by atoms with Crippen LogP contribution in [0.1, 0.15) is 10.4 Å². The normalized spacial score (nSPS) is 10.7. The summed E-state index contributed by atoms with van der Waals surface area (Å²) in [7, 11) is 0. The Morgan fingerprint density at radius 1 is 1.22 bits per heavy atom. The van der Waals surface area contributed by atoms with Crippen LogP contribution in [0.15, 0.2) is 47.2 Å². The fourth-order valence-corrected chi connectivity index (χ4v) is 1.80. The molecule has 3 rings (SSSR count). The van der Waals surface area contributed by atoms with Crippen LogP contribution in [0.25, 0.3) is 22.2 Å². The number of para-hydroxylation sites is 1. The van der Waals surface area contributed by atoms with Crippen LogP contribution in [0.4, 0.5) is 0 Å². The van der Waals surface area contributed by atoms with Crippen molar-refractivity contribution in [3.63, 3.8) is 0 Å². The summed E-state index contributed by atoms with van der Waals surface area (Å²) in [4.78, 5) is 15.3. The van der Waals surface area contributed by atoms with Gasteiger partial charge in [0.05, 0.1) is 11.7 Å². The van der Waals surface area contributed by atoms with E-state index < -0.39 is 5.97 Å². The molecule has 0 aliphatic rings. The van der Waals surface area contributed by atoms with Crippen molar-refractivity contribution < 1.29 is 14.4 Å². The molecule has 0 bridgehead atoms. The summed E-state index contributed by atoms with van der Waals surface area (Å²) < 4.78 is 4.99. The Labute approximate surface area is 102 Å². The summed E-state index contributed by atoms with van der Waals surface area (Å²) in [5.74, 6) is -0.847. The topological polar surface area (TPSA) is 76.2 Å². The average molecular weight is 240 g/mol. The standard InChI is InChI=1S/C13H8N2O3/c16-13(17)10-7-15-18-12(10)9-5-8-3-1-2-4-11(8)14-6-9/h1-7H,(H,16,17). The molecule has 3 aromatic rings. The highest BCUT2D eigenvalue weighted by Gasteiger charge is 2.17. The molecule has 0 aliphatic carbocycles. The van der Waals surface area contributed by atoms with Gasteiger partial charge in [0.15, 0.2) is 5.76 Å². The minimum Gasteiger partial charge on any atom is -0.477 e. The van der Waals surface area contributed by atoms with E-state index in [-0.39, 0.29) is 11.3 Å². The number of carbonyl (C=O) groups is 1. The predicted octanol–water partition coefficient (Wildman–Crippen LogP) is 2.59. The first kappa shape index (κ1) is 10.5. The Bertz CT molecular complexity index is 734. The van der Waals surface area contributed by atoms with E-state index in [1.165, 1.54) is 6.20 Å². The molecule has 0 fully saturated rings. The second kappa shape index (κ2) is 3.96. The molecule has 5 heteroatoms. The van der Waals surface area contributed by atoms with E-state index >= 15 is 0 Å². The van der Waals surface area contributed by atoms with Gasteiger partial charge in [0, 0.05) is 17.1 Å². The third-order valence-corrected chi connectivity index (χ3v) is 2.65. The van der Waals surface area contributed by atoms with E-state index in [0.29, 0.717) is 5.56 Å². The fourth-order valence-electron chi connectivity index (χ4n) is 1.80. The van der Waals surface area contributed by atoms with Gasteiger partial charge in [-0.1, -0.05) is 23.4 Å². The van der Waals surface area contributed by atoms with Gasteiger partial charge in [0.2, 0.25) is 0 Å². The molecule has 18 heavy (non-hydrogen) atoms. The van der Waals surface area contributed by atoms with Crippen LogP contribution in [-0.4, -0.2) is 21.2 Å². The Kier molecular flexibility index (Phi) is 2.30. The number of pyridine rings is 1. The third kappa shape index (κ3) is 1.62. The number of hydrogen-bond acceptors (Lipinski definition) is 4. The molecule has 88 valence electrons. The van der Waals surface area contributed by atoms with Gasteiger partial charge in [-0.25, -0.2) is 4.79 Å². The fraction of sp³-hybridized carbons (Fsp3) is 0. The Hall–Kier alpha value is -2.69. The molecule has 0 aliphatic heterocycles. The highest BCUT2D eigenvalue weighted by Crippen LogP contribution is 2.25. The SMILES string of the molecule is O=C(O)c1cnoc1-c1cnc2ccccc2c1. The first-order valence-electron chi connectivity index (χ1n) is 5.29. The van der Waals surface area contributed by atoms with Gasteiger partial charge in [-0.3, -0.25) is 4.98 Å². The highest BCUT2D eigenvalue weighted by molar-refractivity contribution is 5.95. The monoisotopic (exact) mass is 240 g/mol. The molecule has 0 radical (unpaired) electrons. The number of nitrogens with zero attached hydrogens (tertiary/aromatic N) is 2. The molecule has 1 aromatic carbocycles. The zero-order chi connectivity index (χ0) is 12.5. The first-order valence-corrected chi connectivity index (χ1v) is 5.29. The van der Waals surface area contributed by atoms with Gasteiger partial charge >= 0.3 is 5.97 Å². The van der Waals surface area contributed by atoms with Gasteiger partial charge < -0.3 is 9.63 Å². The van der Waals surface area contributed by atoms with Crippen LogP contribution in [0.5, 0.6) is 0 Å². The van der Waals surface area contributed by atoms with E-state index in [1.54, 1.807) is 6.20 Å². The molecule has 2 heterocycles. The predicted molar refractivity (Wildman–Crippen MR) is 64.2 cm³/mol. The van der Waals surface area contributed by atoms with Crippen molar-refractivity contribution in [2.24, 2.45) is 0 Å². The maximum absolute atomic E-state index is 11.0. The minimum atomic E-state index is -1.07. The first-order chi connectivity index (χ1) is 8.75. The average Bonchev–Trinajstić information content (AvgIpc) is 2.87. The Balaban J connectivity index is 2.19. The van der Waals surface area contributed by atoms with Crippen molar-refractivity contribution in [2.75, 3.05) is 0 Å². The molecule has 0 atom stereocenters. The number of aromatic nitrogens is 2. The summed E-state index contributed by atoms with van der Waals surface area (Å²) in [5.41, 5.74) is 1.48. The van der Waals surface area contributed by atoms with E-state index in [9.17, 15) is 4.79 Å². The van der Waals surface area contributed by atoms with Gasteiger partial charge in [-0.15, -0.1) is 0 Å². The molecular formula is C13H8N2O3. The van der Waals surface area contributed by atoms with Crippen molar-refractivity contribution in [3.05, 3.63) is 48.3 Å². The van der Waals surface area contributed by atoms with Crippen LogP contribution in [0, 0.1) is 0 Å². The summed E-state index contributed by atoms with van der Waals surface area (Å²) in [6, 6.07) is 9.41. The lowest BCUT2D eigenvalue weighted by Crippen LogP contribution is -1.96. The molecule has 0 saturated heterocycles.